The second-order valence-electron chi connectivity index (χ2n) is 12.2. The van der Waals surface area contributed by atoms with Crippen molar-refractivity contribution in [2.75, 3.05) is 0 Å². The van der Waals surface area contributed by atoms with Gasteiger partial charge in [0.05, 0.1) is 16.2 Å². The molecule has 0 saturated heterocycles. The van der Waals surface area contributed by atoms with E-state index in [1.54, 1.807) is 30.3 Å². The Balaban J connectivity index is 2.15. The molecule has 0 aromatic heterocycles. The van der Waals surface area contributed by atoms with Crippen LogP contribution < -0.4 is 0 Å². The number of allylic oxidation sites excluding steroid dienone is 3. The van der Waals surface area contributed by atoms with Crippen LogP contribution in [0.3, 0.4) is 0 Å². The summed E-state index contributed by atoms with van der Waals surface area (Å²) in [6.45, 7) is 17.4. The zero-order valence-corrected chi connectivity index (χ0v) is 23.2. The van der Waals surface area contributed by atoms with E-state index in [0.717, 1.165) is 0 Å². The molecule has 0 heterocycles. The van der Waals surface area contributed by atoms with Crippen LogP contribution in [0.2, 0.25) is 18.1 Å². The molecule has 3 rings (SSSR count). The molecule has 2 aliphatic rings. The maximum absolute atomic E-state index is 14.0. The number of carbonyl (C=O) groups is 1. The summed E-state index contributed by atoms with van der Waals surface area (Å²) in [7, 11) is -5.77. The highest BCUT2D eigenvalue weighted by atomic mass is 32.2. The Morgan fingerprint density at radius 2 is 1.64 bits per heavy atom. The first-order chi connectivity index (χ1) is 15.0. The minimum atomic E-state index is -3.66. The van der Waals surface area contributed by atoms with E-state index < -0.39 is 34.2 Å². The Kier molecular flexibility index (Phi) is 6.82. The third-order valence-electron chi connectivity index (χ3n) is 8.12. The van der Waals surface area contributed by atoms with Crippen molar-refractivity contribution in [3.63, 3.8) is 0 Å². The first-order valence-electron chi connectivity index (χ1n) is 11.9. The van der Waals surface area contributed by atoms with Gasteiger partial charge in [-0.1, -0.05) is 78.0 Å². The van der Waals surface area contributed by atoms with Crippen LogP contribution in [0.1, 0.15) is 54.4 Å². The Bertz CT molecular complexity index is 1050. The summed E-state index contributed by atoms with van der Waals surface area (Å²) in [5, 5.41) is -0.650. The quantitative estimate of drug-likeness (QED) is 0.366. The highest BCUT2D eigenvalue weighted by Crippen LogP contribution is 2.50. The van der Waals surface area contributed by atoms with Crippen molar-refractivity contribution in [1.82, 2.24) is 0 Å². The van der Waals surface area contributed by atoms with Crippen LogP contribution >= 0.6 is 0 Å². The number of sulfone groups is 1. The van der Waals surface area contributed by atoms with E-state index in [1.807, 2.05) is 19.1 Å². The lowest BCUT2D eigenvalue weighted by Gasteiger charge is -2.48. The van der Waals surface area contributed by atoms with Gasteiger partial charge in [-0.2, -0.15) is 0 Å². The first-order valence-corrected chi connectivity index (χ1v) is 16.3. The summed E-state index contributed by atoms with van der Waals surface area (Å²) >= 11 is 0. The van der Waals surface area contributed by atoms with Gasteiger partial charge in [0, 0.05) is 11.8 Å². The van der Waals surface area contributed by atoms with Crippen LogP contribution in [0.5, 0.6) is 0 Å². The molecule has 0 saturated carbocycles. The second kappa shape index (κ2) is 8.62. The highest BCUT2D eigenvalue weighted by Gasteiger charge is 2.51. The summed E-state index contributed by atoms with van der Waals surface area (Å²) in [6, 6.07) is 8.67. The van der Waals surface area contributed by atoms with E-state index in [9.17, 15) is 13.2 Å². The van der Waals surface area contributed by atoms with Crippen molar-refractivity contribution in [3.8, 4) is 0 Å². The molecule has 0 radical (unpaired) electrons. The van der Waals surface area contributed by atoms with E-state index in [0.29, 0.717) is 11.3 Å². The van der Waals surface area contributed by atoms with Crippen LogP contribution in [0, 0.1) is 16.7 Å². The van der Waals surface area contributed by atoms with Gasteiger partial charge in [-0.15, -0.1) is 0 Å². The predicted molar refractivity (Wildman–Crippen MR) is 137 cm³/mol. The molecule has 4 atom stereocenters. The third kappa shape index (κ3) is 5.13. The average molecular weight is 489 g/mol. The van der Waals surface area contributed by atoms with E-state index in [1.165, 1.54) is 0 Å². The van der Waals surface area contributed by atoms with Crippen molar-refractivity contribution < 1.29 is 17.6 Å². The molecule has 0 bridgehead atoms. The highest BCUT2D eigenvalue weighted by molar-refractivity contribution is 7.92. The van der Waals surface area contributed by atoms with Gasteiger partial charge in [0.25, 0.3) is 0 Å². The van der Waals surface area contributed by atoms with Gasteiger partial charge in [0.1, 0.15) is 0 Å². The number of rotatable bonds is 4. The molecule has 0 spiro atoms. The fourth-order valence-corrected chi connectivity index (χ4v) is 8.49. The van der Waals surface area contributed by atoms with Gasteiger partial charge in [0.2, 0.25) is 0 Å². The molecule has 6 heteroatoms. The number of carbonyl (C=O) groups excluding carboxylic acids is 1. The van der Waals surface area contributed by atoms with Gasteiger partial charge in [-0.3, -0.25) is 4.79 Å². The average Bonchev–Trinajstić information content (AvgIpc) is 2.70. The second-order valence-corrected chi connectivity index (χ2v) is 19.1. The van der Waals surface area contributed by atoms with Crippen molar-refractivity contribution in [3.05, 3.63) is 54.6 Å². The number of ketones is 1. The van der Waals surface area contributed by atoms with Crippen molar-refractivity contribution in [1.29, 1.82) is 0 Å². The molecule has 0 amide bonds. The molecule has 0 aliphatic heterocycles. The Labute approximate surface area is 201 Å². The van der Waals surface area contributed by atoms with Crippen LogP contribution in [-0.4, -0.2) is 33.9 Å². The lowest BCUT2D eigenvalue weighted by atomic mass is 9.64. The third-order valence-corrected chi connectivity index (χ3v) is 14.8. The maximum atomic E-state index is 14.0. The van der Waals surface area contributed by atoms with Gasteiger partial charge in [-0.05, 0) is 54.1 Å². The largest absolute Gasteiger partial charge is 0.410 e. The topological polar surface area (TPSA) is 60.4 Å². The molecule has 4 nitrogen and oxygen atoms in total. The van der Waals surface area contributed by atoms with E-state index >= 15 is 0 Å². The monoisotopic (exact) mass is 488 g/mol. The van der Waals surface area contributed by atoms with Crippen molar-refractivity contribution in [2.45, 2.75) is 88.8 Å². The van der Waals surface area contributed by atoms with E-state index in [4.69, 9.17) is 4.43 Å². The molecule has 2 aliphatic carbocycles. The Hall–Kier alpha value is -1.50. The smallest absolute Gasteiger partial charge is 0.192 e. The number of hydrogen-bond donors (Lipinski definition) is 0. The fourth-order valence-electron chi connectivity index (χ4n) is 4.75. The summed E-state index contributed by atoms with van der Waals surface area (Å²) in [5.41, 5.74) is -0.962. The Morgan fingerprint density at radius 3 is 2.21 bits per heavy atom. The summed E-state index contributed by atoms with van der Waals surface area (Å²) < 4.78 is 34.9. The molecule has 0 N–H and O–H groups in total. The molecule has 0 fully saturated rings. The minimum Gasteiger partial charge on any atom is -0.410 e. The van der Waals surface area contributed by atoms with Gasteiger partial charge in [0.15, 0.2) is 23.9 Å². The van der Waals surface area contributed by atoms with Crippen LogP contribution in [0.15, 0.2) is 59.5 Å². The van der Waals surface area contributed by atoms with Gasteiger partial charge < -0.3 is 4.43 Å². The number of benzene rings is 1. The minimum absolute atomic E-state index is 0.00779. The zero-order chi connectivity index (χ0) is 24.9. The van der Waals surface area contributed by atoms with E-state index in [-0.39, 0.29) is 29.3 Å². The predicted octanol–water partition coefficient (Wildman–Crippen LogP) is 6.36. The Morgan fingerprint density at radius 1 is 1.03 bits per heavy atom. The molecule has 182 valence electrons. The molecular weight excluding hydrogens is 448 g/mol. The van der Waals surface area contributed by atoms with Crippen molar-refractivity contribution >= 4 is 23.9 Å². The molecule has 0 unspecified atom stereocenters. The fraction of sp³-hybridized carbons (Fsp3) is 0.593. The zero-order valence-electron chi connectivity index (χ0n) is 21.4. The maximum Gasteiger partial charge on any atom is 0.192 e. The van der Waals surface area contributed by atoms with Crippen LogP contribution in [0.25, 0.3) is 0 Å². The molecule has 33 heavy (non-hydrogen) atoms. The van der Waals surface area contributed by atoms with Crippen molar-refractivity contribution in [2.24, 2.45) is 16.7 Å². The summed E-state index contributed by atoms with van der Waals surface area (Å²) in [6.07, 6.45) is 8.20. The first kappa shape index (κ1) is 26.1. The SMILES string of the molecule is CC1(C)C[C@H](S(=O)(=O)c2ccccc2)[C@@H]2CC(=O)C=C[C@]2(C)C=C[C@H]1O[Si](C)(C)C(C)(C)C. The molecule has 1 aromatic rings. The lowest BCUT2D eigenvalue weighted by Crippen LogP contribution is -2.51. The normalized spacial score (nSPS) is 30.4. The van der Waals surface area contributed by atoms with Crippen LogP contribution in [-0.2, 0) is 19.1 Å². The lowest BCUT2D eigenvalue weighted by molar-refractivity contribution is -0.116. The van der Waals surface area contributed by atoms with E-state index in [2.05, 4.69) is 59.9 Å². The van der Waals surface area contributed by atoms with Crippen LogP contribution in [0.4, 0.5) is 0 Å². The van der Waals surface area contributed by atoms with Gasteiger partial charge in [-0.25, -0.2) is 8.42 Å². The summed E-state index contributed by atoms with van der Waals surface area (Å²) in [5.74, 6) is -0.337. The van der Waals surface area contributed by atoms with Gasteiger partial charge >= 0.3 is 0 Å². The number of hydrogen-bond acceptors (Lipinski definition) is 4. The number of fused-ring (bicyclic) bond motifs is 1. The molecule has 1 aromatic carbocycles. The standard InChI is InChI=1S/C27H40O4SSi/c1-25(2,3)33(7,8)31-24-15-17-27(6)16-14-20(28)18-22(27)23(19-26(24,4)5)32(29,30)21-12-10-9-11-13-21/h9-17,22-24H,18-19H2,1-8H3/t22-,23-,24+,27+/m0/s1. The molecular formula is C27H40O4SSi. The summed E-state index contributed by atoms with van der Waals surface area (Å²) in [4.78, 5) is 12.8.